The lowest BCUT2D eigenvalue weighted by Crippen LogP contribution is -2.00. The number of aromatic nitrogens is 2. The molecule has 3 rings (SSSR count). The first-order valence-corrected chi connectivity index (χ1v) is 8.14. The van der Waals surface area contributed by atoms with Crippen molar-refractivity contribution in [2.24, 2.45) is 0 Å². The van der Waals surface area contributed by atoms with E-state index in [1.165, 1.54) is 0 Å². The first-order chi connectivity index (χ1) is 12.6. The highest BCUT2D eigenvalue weighted by molar-refractivity contribution is 6.30. The van der Waals surface area contributed by atoms with Gasteiger partial charge in [0.2, 0.25) is 11.7 Å². The van der Waals surface area contributed by atoms with Gasteiger partial charge in [0.25, 0.3) is 0 Å². The van der Waals surface area contributed by atoms with E-state index in [1.54, 1.807) is 27.5 Å². The van der Waals surface area contributed by atoms with E-state index in [2.05, 4.69) is 9.97 Å². The van der Waals surface area contributed by atoms with Crippen LogP contribution in [0.15, 0.2) is 42.6 Å². The molecule has 134 valence electrons. The van der Waals surface area contributed by atoms with Gasteiger partial charge in [0.1, 0.15) is 0 Å². The molecule has 0 saturated carbocycles. The van der Waals surface area contributed by atoms with Crippen LogP contribution in [0, 0.1) is 0 Å². The van der Waals surface area contributed by atoms with Crippen LogP contribution >= 0.6 is 11.6 Å². The van der Waals surface area contributed by atoms with Crippen LogP contribution in [0.3, 0.4) is 0 Å². The average molecular weight is 372 g/mol. The second-order valence-electron chi connectivity index (χ2n) is 5.41. The van der Waals surface area contributed by atoms with E-state index in [9.17, 15) is 0 Å². The summed E-state index contributed by atoms with van der Waals surface area (Å²) in [4.78, 5) is 8.56. The summed E-state index contributed by atoms with van der Waals surface area (Å²) in [6.07, 6.45) is 1.68. The van der Waals surface area contributed by atoms with E-state index in [4.69, 9.17) is 31.5 Å². The molecule has 0 aliphatic rings. The predicted molar refractivity (Wildman–Crippen MR) is 102 cm³/mol. The number of methoxy groups -OCH3 is 3. The molecule has 7 heteroatoms. The zero-order chi connectivity index (χ0) is 18.7. The molecule has 0 saturated heterocycles. The molecule has 0 fully saturated rings. The Labute approximate surface area is 156 Å². The molecule has 2 N–H and O–H groups in total. The summed E-state index contributed by atoms with van der Waals surface area (Å²) in [5, 5.41) is 0.652. The summed E-state index contributed by atoms with van der Waals surface area (Å²) in [6.45, 7) is 0. The number of ether oxygens (including phenoxy) is 3. The van der Waals surface area contributed by atoms with Crippen LogP contribution in [-0.4, -0.2) is 31.3 Å². The van der Waals surface area contributed by atoms with Gasteiger partial charge >= 0.3 is 0 Å². The summed E-state index contributed by atoms with van der Waals surface area (Å²) >= 11 is 6.00. The molecule has 26 heavy (non-hydrogen) atoms. The molecule has 0 unspecified atom stereocenters. The smallest absolute Gasteiger partial charge is 0.220 e. The van der Waals surface area contributed by atoms with Gasteiger partial charge in [0, 0.05) is 22.3 Å². The predicted octanol–water partition coefficient (Wildman–Crippen LogP) is 4.07. The first-order valence-electron chi connectivity index (χ1n) is 7.76. The minimum absolute atomic E-state index is 0.173. The maximum atomic E-state index is 6.00. The van der Waals surface area contributed by atoms with Crippen molar-refractivity contribution in [3.63, 3.8) is 0 Å². The van der Waals surface area contributed by atoms with Crippen LogP contribution in [0.4, 0.5) is 5.95 Å². The highest BCUT2D eigenvalue weighted by atomic mass is 35.5. The second-order valence-corrected chi connectivity index (χ2v) is 5.85. The van der Waals surface area contributed by atoms with Crippen molar-refractivity contribution in [1.29, 1.82) is 0 Å². The molecule has 1 aromatic heterocycles. The van der Waals surface area contributed by atoms with Gasteiger partial charge < -0.3 is 19.9 Å². The standard InChI is InChI=1S/C19H18ClN3O3/c1-24-15-8-12(9-16(25-2)18(15)26-3)17-14(10-22-19(21)23-17)11-4-6-13(20)7-5-11/h4-10H,1-3H3,(H2,21,22,23). The lowest BCUT2D eigenvalue weighted by atomic mass is 10.00. The highest BCUT2D eigenvalue weighted by Crippen LogP contribution is 2.42. The number of rotatable bonds is 5. The van der Waals surface area contributed by atoms with Crippen LogP contribution in [0.5, 0.6) is 17.2 Å². The summed E-state index contributed by atoms with van der Waals surface area (Å²) in [5.41, 5.74) is 8.97. The Morgan fingerprint density at radius 3 is 2.04 bits per heavy atom. The number of nitrogens with zero attached hydrogens (tertiary/aromatic N) is 2. The monoisotopic (exact) mass is 371 g/mol. The molecule has 0 bridgehead atoms. The van der Waals surface area contributed by atoms with Crippen molar-refractivity contribution >= 4 is 17.5 Å². The summed E-state index contributed by atoms with van der Waals surface area (Å²) in [6, 6.07) is 11.1. The fourth-order valence-electron chi connectivity index (χ4n) is 2.67. The van der Waals surface area contributed by atoms with Gasteiger partial charge in [-0.15, -0.1) is 0 Å². The molecular formula is C19H18ClN3O3. The number of hydrogen-bond acceptors (Lipinski definition) is 6. The fraction of sp³-hybridized carbons (Fsp3) is 0.158. The minimum atomic E-state index is 0.173. The van der Waals surface area contributed by atoms with Gasteiger partial charge in [-0.3, -0.25) is 0 Å². The maximum absolute atomic E-state index is 6.00. The number of nitrogen functional groups attached to an aromatic ring is 1. The quantitative estimate of drug-likeness (QED) is 0.728. The number of nitrogens with two attached hydrogens (primary N) is 1. The Kier molecular flexibility index (Phi) is 5.14. The Morgan fingerprint density at radius 1 is 0.885 bits per heavy atom. The molecule has 0 spiro atoms. The number of halogens is 1. The van der Waals surface area contributed by atoms with Crippen molar-refractivity contribution < 1.29 is 14.2 Å². The molecule has 0 amide bonds. The van der Waals surface area contributed by atoms with Gasteiger partial charge in [0.05, 0.1) is 27.0 Å². The normalized spacial score (nSPS) is 10.5. The van der Waals surface area contributed by atoms with Crippen molar-refractivity contribution in [2.75, 3.05) is 27.1 Å². The Morgan fingerprint density at radius 2 is 1.50 bits per heavy atom. The molecule has 0 aliphatic heterocycles. The molecule has 3 aromatic rings. The molecule has 0 atom stereocenters. The van der Waals surface area contributed by atoms with Crippen LogP contribution in [0.25, 0.3) is 22.4 Å². The summed E-state index contributed by atoms with van der Waals surface area (Å²) in [7, 11) is 4.69. The van der Waals surface area contributed by atoms with Crippen molar-refractivity contribution in [3.8, 4) is 39.6 Å². The number of benzene rings is 2. The van der Waals surface area contributed by atoms with Crippen LogP contribution in [0.1, 0.15) is 0 Å². The third kappa shape index (κ3) is 3.36. The van der Waals surface area contributed by atoms with E-state index < -0.39 is 0 Å². The van der Waals surface area contributed by atoms with Gasteiger partial charge in [0.15, 0.2) is 11.5 Å². The zero-order valence-electron chi connectivity index (χ0n) is 14.6. The van der Waals surface area contributed by atoms with Crippen molar-refractivity contribution in [1.82, 2.24) is 9.97 Å². The second kappa shape index (κ2) is 7.49. The highest BCUT2D eigenvalue weighted by Gasteiger charge is 2.18. The lowest BCUT2D eigenvalue weighted by molar-refractivity contribution is 0.324. The topological polar surface area (TPSA) is 79.5 Å². The summed E-state index contributed by atoms with van der Waals surface area (Å²) < 4.78 is 16.2. The fourth-order valence-corrected chi connectivity index (χ4v) is 2.80. The molecule has 6 nitrogen and oxygen atoms in total. The SMILES string of the molecule is COc1cc(-c2nc(N)ncc2-c2ccc(Cl)cc2)cc(OC)c1OC. The lowest BCUT2D eigenvalue weighted by Gasteiger charge is -2.15. The van der Waals surface area contributed by atoms with Gasteiger partial charge in [-0.2, -0.15) is 0 Å². The van der Waals surface area contributed by atoms with Crippen LogP contribution in [0.2, 0.25) is 5.02 Å². The van der Waals surface area contributed by atoms with E-state index in [0.717, 1.165) is 16.7 Å². The minimum Gasteiger partial charge on any atom is -0.493 e. The summed E-state index contributed by atoms with van der Waals surface area (Å²) in [5.74, 6) is 1.74. The van der Waals surface area contributed by atoms with Crippen molar-refractivity contribution in [3.05, 3.63) is 47.6 Å². The number of anilines is 1. The first kappa shape index (κ1) is 17.8. The molecule has 0 radical (unpaired) electrons. The van der Waals surface area contributed by atoms with Gasteiger partial charge in [-0.25, -0.2) is 9.97 Å². The third-order valence-corrected chi connectivity index (χ3v) is 4.15. The van der Waals surface area contributed by atoms with Crippen LogP contribution < -0.4 is 19.9 Å². The molecule has 0 aliphatic carbocycles. The van der Waals surface area contributed by atoms with Crippen molar-refractivity contribution in [2.45, 2.75) is 0 Å². The van der Waals surface area contributed by atoms with Gasteiger partial charge in [-0.05, 0) is 29.8 Å². The molecule has 1 heterocycles. The number of hydrogen-bond donors (Lipinski definition) is 1. The van der Waals surface area contributed by atoms with Crippen LogP contribution in [-0.2, 0) is 0 Å². The average Bonchev–Trinajstić information content (AvgIpc) is 2.67. The van der Waals surface area contributed by atoms with E-state index in [1.807, 2.05) is 36.4 Å². The van der Waals surface area contributed by atoms with E-state index >= 15 is 0 Å². The molecular weight excluding hydrogens is 354 g/mol. The maximum Gasteiger partial charge on any atom is 0.220 e. The van der Waals surface area contributed by atoms with E-state index in [-0.39, 0.29) is 5.95 Å². The third-order valence-electron chi connectivity index (χ3n) is 3.90. The van der Waals surface area contributed by atoms with E-state index in [0.29, 0.717) is 28.0 Å². The largest absolute Gasteiger partial charge is 0.493 e. The molecule has 2 aromatic carbocycles. The Bertz CT molecular complexity index is 905. The Hall–Kier alpha value is -2.99. The zero-order valence-corrected chi connectivity index (χ0v) is 15.4. The Balaban J connectivity index is 2.23. The van der Waals surface area contributed by atoms with Gasteiger partial charge in [-0.1, -0.05) is 23.7 Å².